The summed E-state index contributed by atoms with van der Waals surface area (Å²) in [5.74, 6) is 0. The Morgan fingerprint density at radius 1 is 1.11 bits per heavy atom. The third-order valence-corrected chi connectivity index (χ3v) is 6.00. The molecule has 1 fully saturated rings. The first kappa shape index (κ1) is 15.1. The molecule has 0 spiro atoms. The fourth-order valence-corrected chi connectivity index (χ4v) is 4.37. The Hall–Kier alpha value is -0.340. The van der Waals surface area contributed by atoms with Gasteiger partial charge in [-0.2, -0.15) is 0 Å². The Labute approximate surface area is 122 Å². The summed E-state index contributed by atoms with van der Waals surface area (Å²) in [7, 11) is 0. The van der Waals surface area contributed by atoms with Crippen molar-refractivity contribution < 1.29 is 0 Å². The lowest BCUT2D eigenvalue weighted by Gasteiger charge is -2.29. The van der Waals surface area contributed by atoms with Crippen molar-refractivity contribution >= 4 is 11.3 Å². The summed E-state index contributed by atoms with van der Waals surface area (Å²) in [5.41, 5.74) is 0.651. The fraction of sp³-hybridized carbons (Fsp3) is 0.765. The number of hydrogen-bond donors (Lipinski definition) is 1. The second-order valence-corrected chi connectivity index (χ2v) is 7.29. The van der Waals surface area contributed by atoms with E-state index in [0.717, 1.165) is 6.54 Å². The van der Waals surface area contributed by atoms with Gasteiger partial charge < -0.3 is 5.32 Å². The van der Waals surface area contributed by atoms with Gasteiger partial charge in [-0.3, -0.25) is 0 Å². The van der Waals surface area contributed by atoms with Crippen LogP contribution in [0.15, 0.2) is 12.1 Å². The maximum atomic E-state index is 3.51. The van der Waals surface area contributed by atoms with Crippen LogP contribution in [0.5, 0.6) is 0 Å². The van der Waals surface area contributed by atoms with E-state index in [1.54, 1.807) is 9.75 Å². The first-order chi connectivity index (χ1) is 9.28. The van der Waals surface area contributed by atoms with E-state index in [0.29, 0.717) is 5.41 Å². The molecule has 1 aromatic heterocycles. The van der Waals surface area contributed by atoms with Gasteiger partial charge in [0.05, 0.1) is 0 Å². The van der Waals surface area contributed by atoms with Crippen LogP contribution >= 0.6 is 11.3 Å². The Morgan fingerprint density at radius 3 is 2.47 bits per heavy atom. The second kappa shape index (κ2) is 7.44. The highest BCUT2D eigenvalue weighted by Crippen LogP contribution is 2.44. The number of hydrogen-bond acceptors (Lipinski definition) is 2. The molecule has 108 valence electrons. The Morgan fingerprint density at radius 2 is 1.84 bits per heavy atom. The standard InChI is InChI=1S/C17H29NS/c1-3-15-7-8-16(19-15)9-12-17(10-5-6-11-17)13-14-18-4-2/h7-8,18H,3-6,9-14H2,1-2H3. The van der Waals surface area contributed by atoms with Gasteiger partial charge in [-0.25, -0.2) is 0 Å². The number of aryl methyl sites for hydroxylation is 2. The minimum absolute atomic E-state index is 0.651. The monoisotopic (exact) mass is 279 g/mol. The van der Waals surface area contributed by atoms with E-state index in [2.05, 4.69) is 31.3 Å². The van der Waals surface area contributed by atoms with Crippen LogP contribution in [0, 0.1) is 5.41 Å². The van der Waals surface area contributed by atoms with Crippen molar-refractivity contribution in [1.82, 2.24) is 5.32 Å². The third-order valence-electron chi connectivity index (χ3n) is 4.71. The van der Waals surface area contributed by atoms with Crippen LogP contribution in [0.25, 0.3) is 0 Å². The van der Waals surface area contributed by atoms with Crippen molar-refractivity contribution in [3.05, 3.63) is 21.9 Å². The molecular weight excluding hydrogens is 250 g/mol. The Balaban J connectivity index is 1.85. The van der Waals surface area contributed by atoms with Crippen LogP contribution in [-0.2, 0) is 12.8 Å². The van der Waals surface area contributed by atoms with Gasteiger partial charge in [-0.05, 0) is 69.2 Å². The highest BCUT2D eigenvalue weighted by molar-refractivity contribution is 7.11. The zero-order valence-electron chi connectivity index (χ0n) is 12.6. The maximum absolute atomic E-state index is 3.51. The van der Waals surface area contributed by atoms with Crippen LogP contribution in [0.4, 0.5) is 0 Å². The van der Waals surface area contributed by atoms with Crippen LogP contribution < -0.4 is 5.32 Å². The maximum Gasteiger partial charge on any atom is 0.00483 e. The average Bonchev–Trinajstić information content (AvgIpc) is 3.06. The lowest BCUT2D eigenvalue weighted by molar-refractivity contribution is 0.246. The molecule has 0 atom stereocenters. The van der Waals surface area contributed by atoms with Gasteiger partial charge in [0.15, 0.2) is 0 Å². The van der Waals surface area contributed by atoms with Gasteiger partial charge in [-0.1, -0.05) is 26.7 Å². The van der Waals surface area contributed by atoms with Crippen molar-refractivity contribution in [3.63, 3.8) is 0 Å². The molecule has 19 heavy (non-hydrogen) atoms. The van der Waals surface area contributed by atoms with Crippen LogP contribution in [-0.4, -0.2) is 13.1 Å². The third kappa shape index (κ3) is 4.32. The smallest absolute Gasteiger partial charge is 0.00483 e. The van der Waals surface area contributed by atoms with Crippen molar-refractivity contribution in [2.75, 3.05) is 13.1 Å². The van der Waals surface area contributed by atoms with Gasteiger partial charge >= 0.3 is 0 Å². The lowest BCUT2D eigenvalue weighted by atomic mass is 9.78. The lowest BCUT2D eigenvalue weighted by Crippen LogP contribution is -2.25. The summed E-state index contributed by atoms with van der Waals surface area (Å²) < 4.78 is 0. The molecule has 0 bridgehead atoms. The van der Waals surface area contributed by atoms with E-state index in [1.165, 1.54) is 57.9 Å². The molecule has 1 aromatic rings. The van der Waals surface area contributed by atoms with E-state index >= 15 is 0 Å². The minimum atomic E-state index is 0.651. The van der Waals surface area contributed by atoms with Gasteiger partial charge in [0.25, 0.3) is 0 Å². The fourth-order valence-electron chi connectivity index (χ4n) is 3.42. The summed E-state index contributed by atoms with van der Waals surface area (Å²) in [6.45, 7) is 6.78. The molecule has 1 nitrogen and oxygen atoms in total. The van der Waals surface area contributed by atoms with Gasteiger partial charge in [0.2, 0.25) is 0 Å². The predicted molar refractivity (Wildman–Crippen MR) is 86.1 cm³/mol. The van der Waals surface area contributed by atoms with E-state index in [4.69, 9.17) is 0 Å². The topological polar surface area (TPSA) is 12.0 Å². The first-order valence-electron chi connectivity index (χ1n) is 8.06. The number of nitrogens with one attached hydrogen (secondary N) is 1. The summed E-state index contributed by atoms with van der Waals surface area (Å²) >= 11 is 2.03. The van der Waals surface area contributed by atoms with Crippen molar-refractivity contribution in [2.24, 2.45) is 5.41 Å². The highest BCUT2D eigenvalue weighted by Gasteiger charge is 2.32. The normalized spacial score (nSPS) is 18.0. The molecule has 0 radical (unpaired) electrons. The Kier molecular flexibility index (Phi) is 5.90. The summed E-state index contributed by atoms with van der Waals surface area (Å²) in [5, 5.41) is 3.51. The van der Waals surface area contributed by atoms with Crippen LogP contribution in [0.1, 0.15) is 62.1 Å². The van der Waals surface area contributed by atoms with E-state index in [1.807, 2.05) is 11.3 Å². The molecule has 2 heteroatoms. The summed E-state index contributed by atoms with van der Waals surface area (Å²) in [6, 6.07) is 4.68. The van der Waals surface area contributed by atoms with Crippen LogP contribution in [0.3, 0.4) is 0 Å². The molecule has 0 amide bonds. The zero-order chi connectivity index (χ0) is 13.6. The minimum Gasteiger partial charge on any atom is -0.317 e. The molecule has 0 aliphatic heterocycles. The van der Waals surface area contributed by atoms with E-state index in [-0.39, 0.29) is 0 Å². The average molecular weight is 279 g/mol. The molecule has 1 saturated carbocycles. The molecule has 1 aliphatic rings. The van der Waals surface area contributed by atoms with Crippen molar-refractivity contribution in [3.8, 4) is 0 Å². The molecule has 0 saturated heterocycles. The van der Waals surface area contributed by atoms with Crippen LogP contribution in [0.2, 0.25) is 0 Å². The summed E-state index contributed by atoms with van der Waals surface area (Å²) in [4.78, 5) is 3.15. The summed E-state index contributed by atoms with van der Waals surface area (Å²) in [6.07, 6.45) is 11.1. The van der Waals surface area contributed by atoms with E-state index < -0.39 is 0 Å². The van der Waals surface area contributed by atoms with Crippen molar-refractivity contribution in [2.45, 2.75) is 65.2 Å². The SMILES string of the molecule is CCNCCC1(CCc2ccc(CC)s2)CCCC1. The highest BCUT2D eigenvalue weighted by atomic mass is 32.1. The molecule has 0 unspecified atom stereocenters. The van der Waals surface area contributed by atoms with Gasteiger partial charge in [0.1, 0.15) is 0 Å². The quantitative estimate of drug-likeness (QED) is 0.674. The molecule has 1 N–H and O–H groups in total. The van der Waals surface area contributed by atoms with Gasteiger partial charge in [0, 0.05) is 9.75 Å². The molecule has 1 heterocycles. The molecular formula is C17H29NS. The second-order valence-electron chi connectivity index (χ2n) is 6.03. The molecule has 0 aromatic carbocycles. The number of thiophene rings is 1. The number of rotatable bonds is 8. The molecule has 1 aliphatic carbocycles. The predicted octanol–water partition coefficient (Wildman–Crippen LogP) is 4.80. The van der Waals surface area contributed by atoms with Gasteiger partial charge in [-0.15, -0.1) is 11.3 Å². The Bertz CT molecular complexity index is 363. The zero-order valence-corrected chi connectivity index (χ0v) is 13.5. The first-order valence-corrected chi connectivity index (χ1v) is 8.88. The largest absolute Gasteiger partial charge is 0.317 e. The van der Waals surface area contributed by atoms with E-state index in [9.17, 15) is 0 Å². The molecule has 2 rings (SSSR count). The van der Waals surface area contributed by atoms with Crippen molar-refractivity contribution in [1.29, 1.82) is 0 Å².